The van der Waals surface area contributed by atoms with Crippen LogP contribution in [0.25, 0.3) is 10.9 Å². The highest BCUT2D eigenvalue weighted by molar-refractivity contribution is 5.78. The third-order valence-electron chi connectivity index (χ3n) is 4.96. The summed E-state index contributed by atoms with van der Waals surface area (Å²) >= 11 is 0. The van der Waals surface area contributed by atoms with Gasteiger partial charge in [0.05, 0.1) is 5.52 Å². The van der Waals surface area contributed by atoms with Gasteiger partial charge in [-0.2, -0.15) is 0 Å². The Bertz CT molecular complexity index is 711. The molecule has 1 aromatic heterocycles. The maximum Gasteiger partial charge on any atom is 0.251 e. The van der Waals surface area contributed by atoms with Crippen LogP contribution >= 0.6 is 0 Å². The zero-order chi connectivity index (χ0) is 16.1. The fraction of sp³-hybridized carbons (Fsp3) is 0.450. The van der Waals surface area contributed by atoms with Crippen LogP contribution in [0, 0.1) is 5.92 Å². The Kier molecular flexibility index (Phi) is 5.29. The van der Waals surface area contributed by atoms with Crippen LogP contribution in [-0.2, 0) is 6.54 Å². The molecule has 2 aromatic rings. The van der Waals surface area contributed by atoms with E-state index < -0.39 is 0 Å². The molecule has 3 heteroatoms. The summed E-state index contributed by atoms with van der Waals surface area (Å²) in [5, 5.41) is 1.14. The molecule has 0 amide bonds. The van der Waals surface area contributed by atoms with E-state index in [0.29, 0.717) is 0 Å². The van der Waals surface area contributed by atoms with E-state index in [-0.39, 0.29) is 5.56 Å². The lowest BCUT2D eigenvalue weighted by Gasteiger charge is -2.31. The molecule has 0 N–H and O–H groups in total. The van der Waals surface area contributed by atoms with Crippen molar-refractivity contribution in [1.29, 1.82) is 0 Å². The van der Waals surface area contributed by atoms with Crippen molar-refractivity contribution in [3.63, 3.8) is 0 Å². The molecule has 122 valence electrons. The molecule has 1 fully saturated rings. The van der Waals surface area contributed by atoms with Crippen LogP contribution in [0.2, 0.25) is 0 Å². The molecule has 1 aliphatic heterocycles. The molecule has 1 saturated heterocycles. The van der Waals surface area contributed by atoms with E-state index in [2.05, 4.69) is 17.5 Å². The van der Waals surface area contributed by atoms with Crippen molar-refractivity contribution in [3.05, 3.63) is 59.4 Å². The van der Waals surface area contributed by atoms with Crippen LogP contribution in [0.3, 0.4) is 0 Å². The Morgan fingerprint density at radius 2 is 1.87 bits per heavy atom. The molecule has 3 nitrogen and oxygen atoms in total. The van der Waals surface area contributed by atoms with Gasteiger partial charge in [0.1, 0.15) is 0 Å². The van der Waals surface area contributed by atoms with E-state index >= 15 is 0 Å². The van der Waals surface area contributed by atoms with Crippen molar-refractivity contribution in [2.45, 2.75) is 32.2 Å². The van der Waals surface area contributed by atoms with Crippen molar-refractivity contribution in [2.75, 3.05) is 19.6 Å². The van der Waals surface area contributed by atoms with Crippen molar-refractivity contribution >= 4 is 10.9 Å². The number of aromatic nitrogens is 1. The molecule has 0 aliphatic carbocycles. The first-order valence-corrected chi connectivity index (χ1v) is 8.70. The second-order valence-electron chi connectivity index (χ2n) is 6.54. The third-order valence-corrected chi connectivity index (χ3v) is 4.96. The first kappa shape index (κ1) is 16.0. The Morgan fingerprint density at radius 1 is 1.09 bits per heavy atom. The Morgan fingerprint density at radius 3 is 2.65 bits per heavy atom. The average Bonchev–Trinajstić information content (AvgIpc) is 2.59. The van der Waals surface area contributed by atoms with Crippen LogP contribution in [0.15, 0.2) is 53.8 Å². The molecule has 2 heterocycles. The number of pyridine rings is 1. The van der Waals surface area contributed by atoms with Gasteiger partial charge in [-0.05, 0) is 68.8 Å². The standard InChI is InChI=1S/C20H26N2O/c1-2-6-17-11-15-21(16-12-17)13-5-14-22-19-8-4-3-7-18(19)9-10-20(22)23/h2-4,7-10,17H,1,5-6,11-16H2. The van der Waals surface area contributed by atoms with Gasteiger partial charge in [-0.25, -0.2) is 0 Å². The van der Waals surface area contributed by atoms with Gasteiger partial charge in [0.15, 0.2) is 0 Å². The number of hydrogen-bond donors (Lipinski definition) is 0. The van der Waals surface area contributed by atoms with Crippen LogP contribution in [0.5, 0.6) is 0 Å². The van der Waals surface area contributed by atoms with Gasteiger partial charge in [-0.3, -0.25) is 4.79 Å². The maximum atomic E-state index is 12.2. The summed E-state index contributed by atoms with van der Waals surface area (Å²) in [7, 11) is 0. The number of allylic oxidation sites excluding steroid dienone is 1. The van der Waals surface area contributed by atoms with E-state index in [4.69, 9.17) is 0 Å². The SMILES string of the molecule is C=CCC1CCN(CCCn2c(=O)ccc3ccccc32)CC1. The molecule has 0 spiro atoms. The highest BCUT2D eigenvalue weighted by atomic mass is 16.1. The molecule has 0 atom stereocenters. The summed E-state index contributed by atoms with van der Waals surface area (Å²) in [5.41, 5.74) is 1.15. The van der Waals surface area contributed by atoms with Gasteiger partial charge in [-0.1, -0.05) is 24.3 Å². The zero-order valence-corrected chi connectivity index (χ0v) is 13.8. The van der Waals surface area contributed by atoms with E-state index in [1.807, 2.05) is 34.9 Å². The fourth-order valence-corrected chi connectivity index (χ4v) is 3.61. The van der Waals surface area contributed by atoms with Gasteiger partial charge in [0, 0.05) is 12.6 Å². The number of rotatable bonds is 6. The zero-order valence-electron chi connectivity index (χ0n) is 13.8. The highest BCUT2D eigenvalue weighted by Crippen LogP contribution is 2.20. The molecule has 3 rings (SSSR count). The lowest BCUT2D eigenvalue weighted by atomic mass is 9.93. The monoisotopic (exact) mass is 310 g/mol. The minimum atomic E-state index is 0.105. The second kappa shape index (κ2) is 7.60. The minimum Gasteiger partial charge on any atom is -0.308 e. The lowest BCUT2D eigenvalue weighted by molar-refractivity contribution is 0.181. The van der Waals surface area contributed by atoms with Crippen molar-refractivity contribution in [2.24, 2.45) is 5.92 Å². The topological polar surface area (TPSA) is 25.2 Å². The van der Waals surface area contributed by atoms with Crippen LogP contribution in [0.4, 0.5) is 0 Å². The normalized spacial score (nSPS) is 16.7. The molecule has 1 aromatic carbocycles. The molecule has 0 radical (unpaired) electrons. The van der Waals surface area contributed by atoms with Gasteiger partial charge in [0.2, 0.25) is 0 Å². The van der Waals surface area contributed by atoms with Gasteiger partial charge in [0.25, 0.3) is 5.56 Å². The molecular formula is C20H26N2O. The molecule has 0 bridgehead atoms. The van der Waals surface area contributed by atoms with Crippen molar-refractivity contribution in [1.82, 2.24) is 9.47 Å². The number of nitrogens with zero attached hydrogens (tertiary/aromatic N) is 2. The molecule has 0 saturated carbocycles. The van der Waals surface area contributed by atoms with Gasteiger partial charge >= 0.3 is 0 Å². The number of fused-ring (bicyclic) bond motifs is 1. The predicted molar refractivity (Wildman–Crippen MR) is 96.8 cm³/mol. The first-order valence-electron chi connectivity index (χ1n) is 8.70. The molecular weight excluding hydrogens is 284 g/mol. The smallest absolute Gasteiger partial charge is 0.251 e. The number of aryl methyl sites for hydroxylation is 1. The minimum absolute atomic E-state index is 0.105. The van der Waals surface area contributed by atoms with E-state index in [0.717, 1.165) is 42.8 Å². The Balaban J connectivity index is 1.57. The molecule has 1 aliphatic rings. The van der Waals surface area contributed by atoms with Crippen LogP contribution in [-0.4, -0.2) is 29.1 Å². The largest absolute Gasteiger partial charge is 0.308 e. The van der Waals surface area contributed by atoms with E-state index in [1.165, 1.54) is 25.9 Å². The third kappa shape index (κ3) is 3.91. The van der Waals surface area contributed by atoms with Crippen molar-refractivity contribution in [3.8, 4) is 0 Å². The van der Waals surface area contributed by atoms with E-state index in [1.54, 1.807) is 6.07 Å². The Hall–Kier alpha value is -1.87. The van der Waals surface area contributed by atoms with Gasteiger partial charge < -0.3 is 9.47 Å². The summed E-state index contributed by atoms with van der Waals surface area (Å²) in [4.78, 5) is 14.7. The number of likely N-dealkylation sites (tertiary alicyclic amines) is 1. The summed E-state index contributed by atoms with van der Waals surface area (Å²) in [6, 6.07) is 11.7. The van der Waals surface area contributed by atoms with Gasteiger partial charge in [-0.15, -0.1) is 6.58 Å². The fourth-order valence-electron chi connectivity index (χ4n) is 3.61. The summed E-state index contributed by atoms with van der Waals surface area (Å²) < 4.78 is 1.92. The predicted octanol–water partition coefficient (Wildman–Crippen LogP) is 3.68. The number of para-hydroxylation sites is 1. The summed E-state index contributed by atoms with van der Waals surface area (Å²) in [5.74, 6) is 0.824. The average molecular weight is 310 g/mol. The summed E-state index contributed by atoms with van der Waals surface area (Å²) in [6.07, 6.45) is 6.78. The molecule has 0 unspecified atom stereocenters. The number of benzene rings is 1. The lowest BCUT2D eigenvalue weighted by Crippen LogP contribution is -2.35. The summed E-state index contributed by atoms with van der Waals surface area (Å²) in [6.45, 7) is 8.09. The van der Waals surface area contributed by atoms with Crippen LogP contribution in [0.1, 0.15) is 25.7 Å². The van der Waals surface area contributed by atoms with Crippen LogP contribution < -0.4 is 5.56 Å². The quantitative estimate of drug-likeness (QED) is 0.761. The maximum absolute atomic E-state index is 12.2. The number of hydrogen-bond acceptors (Lipinski definition) is 2. The van der Waals surface area contributed by atoms with Crippen molar-refractivity contribution < 1.29 is 0 Å². The van der Waals surface area contributed by atoms with E-state index in [9.17, 15) is 4.79 Å². The second-order valence-corrected chi connectivity index (χ2v) is 6.54. The number of piperidine rings is 1. The molecule has 23 heavy (non-hydrogen) atoms. The Labute approximate surface area is 138 Å². The first-order chi connectivity index (χ1) is 11.3. The highest BCUT2D eigenvalue weighted by Gasteiger charge is 2.17.